The Hall–Kier alpha value is -1.88. The molecule has 0 radical (unpaired) electrons. The number of hydrogen-bond acceptors (Lipinski definition) is 4. The Morgan fingerprint density at radius 2 is 2.22 bits per heavy atom. The van der Waals surface area contributed by atoms with Crippen molar-refractivity contribution < 1.29 is 13.9 Å². The van der Waals surface area contributed by atoms with E-state index in [-0.39, 0.29) is 10.9 Å². The zero-order valence-corrected chi connectivity index (χ0v) is 10.5. The zero-order chi connectivity index (χ0) is 13.3. The van der Waals surface area contributed by atoms with E-state index in [1.165, 1.54) is 25.4 Å². The summed E-state index contributed by atoms with van der Waals surface area (Å²) in [6, 6.07) is 2.65. The number of nitrogens with zero attached hydrogens (tertiary/aromatic N) is 1. The lowest BCUT2D eigenvalue weighted by Gasteiger charge is -2.11. The molecule has 2 rings (SSSR count). The zero-order valence-electron chi connectivity index (χ0n) is 9.75. The standard InChI is InChI=1S/C12H10ClFN2O2/c1-15-10-6(12(17)18-2)5-16-11-7(13)3-4-8(14)9(10)11/h3-5H,1-2H3,(H,15,16). The Bertz CT molecular complexity index is 631. The van der Waals surface area contributed by atoms with Crippen LogP contribution >= 0.6 is 11.6 Å². The van der Waals surface area contributed by atoms with Gasteiger partial charge in [-0.25, -0.2) is 9.18 Å². The van der Waals surface area contributed by atoms with Gasteiger partial charge >= 0.3 is 5.97 Å². The Kier molecular flexibility index (Phi) is 3.34. The maximum atomic E-state index is 13.9. The van der Waals surface area contributed by atoms with Gasteiger partial charge in [-0.2, -0.15) is 0 Å². The summed E-state index contributed by atoms with van der Waals surface area (Å²) >= 11 is 5.95. The van der Waals surface area contributed by atoms with E-state index < -0.39 is 11.8 Å². The van der Waals surface area contributed by atoms with Crippen LogP contribution in [-0.4, -0.2) is 25.1 Å². The lowest BCUT2D eigenvalue weighted by Crippen LogP contribution is -2.08. The average molecular weight is 269 g/mol. The SMILES string of the molecule is CNc1c(C(=O)OC)cnc2c(Cl)ccc(F)c12. The predicted molar refractivity (Wildman–Crippen MR) is 67.6 cm³/mol. The number of ether oxygens (including phenoxy) is 1. The van der Waals surface area contributed by atoms with Crippen LogP contribution < -0.4 is 5.32 Å². The molecule has 1 heterocycles. The first-order valence-electron chi connectivity index (χ1n) is 5.13. The van der Waals surface area contributed by atoms with Crippen LogP contribution in [0.3, 0.4) is 0 Å². The second kappa shape index (κ2) is 4.78. The Balaban J connectivity index is 2.87. The van der Waals surface area contributed by atoms with Crippen molar-refractivity contribution in [2.24, 2.45) is 0 Å². The van der Waals surface area contributed by atoms with Crippen molar-refractivity contribution in [2.45, 2.75) is 0 Å². The van der Waals surface area contributed by atoms with Gasteiger partial charge in [0.1, 0.15) is 11.4 Å². The smallest absolute Gasteiger partial charge is 0.341 e. The second-order valence-corrected chi connectivity index (χ2v) is 3.95. The van der Waals surface area contributed by atoms with Crippen LogP contribution in [0.25, 0.3) is 10.9 Å². The van der Waals surface area contributed by atoms with Gasteiger partial charge < -0.3 is 10.1 Å². The van der Waals surface area contributed by atoms with Crippen LogP contribution in [0.2, 0.25) is 5.02 Å². The summed E-state index contributed by atoms with van der Waals surface area (Å²) in [6.07, 6.45) is 1.31. The molecule has 1 N–H and O–H groups in total. The van der Waals surface area contributed by atoms with Crippen molar-refractivity contribution in [3.8, 4) is 0 Å². The molecule has 1 aromatic heterocycles. The first-order chi connectivity index (χ1) is 8.60. The Labute approximate surface area is 108 Å². The van der Waals surface area contributed by atoms with Gasteiger partial charge in [-0.15, -0.1) is 0 Å². The number of aromatic nitrogens is 1. The molecule has 0 bridgehead atoms. The summed E-state index contributed by atoms with van der Waals surface area (Å²) in [7, 11) is 2.84. The van der Waals surface area contributed by atoms with Crippen LogP contribution in [0.1, 0.15) is 10.4 Å². The molecule has 0 aliphatic heterocycles. The van der Waals surface area contributed by atoms with Crippen molar-refractivity contribution in [1.29, 1.82) is 0 Å². The number of benzene rings is 1. The lowest BCUT2D eigenvalue weighted by molar-refractivity contribution is 0.0601. The highest BCUT2D eigenvalue weighted by atomic mass is 35.5. The number of pyridine rings is 1. The fourth-order valence-electron chi connectivity index (χ4n) is 1.76. The fourth-order valence-corrected chi connectivity index (χ4v) is 1.96. The highest BCUT2D eigenvalue weighted by Crippen LogP contribution is 2.32. The van der Waals surface area contributed by atoms with Crippen molar-refractivity contribution in [1.82, 2.24) is 4.98 Å². The molecule has 0 spiro atoms. The third-order valence-electron chi connectivity index (χ3n) is 2.58. The maximum absolute atomic E-state index is 13.9. The topological polar surface area (TPSA) is 51.2 Å². The van der Waals surface area contributed by atoms with Crippen LogP contribution in [0, 0.1) is 5.82 Å². The second-order valence-electron chi connectivity index (χ2n) is 3.54. The molecule has 2 aromatic rings. The van der Waals surface area contributed by atoms with Gasteiger partial charge in [-0.1, -0.05) is 11.6 Å². The van der Waals surface area contributed by atoms with E-state index >= 15 is 0 Å². The summed E-state index contributed by atoms with van der Waals surface area (Å²) < 4.78 is 18.5. The minimum absolute atomic E-state index is 0.161. The van der Waals surface area contributed by atoms with Gasteiger partial charge in [0, 0.05) is 13.2 Å². The molecule has 0 atom stereocenters. The van der Waals surface area contributed by atoms with E-state index in [1.54, 1.807) is 7.05 Å². The maximum Gasteiger partial charge on any atom is 0.341 e. The number of halogens is 2. The molecule has 0 aliphatic carbocycles. The van der Waals surface area contributed by atoms with Crippen LogP contribution in [-0.2, 0) is 4.74 Å². The van der Waals surface area contributed by atoms with Crippen LogP contribution in [0.4, 0.5) is 10.1 Å². The molecule has 0 fully saturated rings. The molecule has 0 unspecified atom stereocenters. The lowest BCUT2D eigenvalue weighted by atomic mass is 10.1. The molecule has 1 aromatic carbocycles. The van der Waals surface area contributed by atoms with E-state index in [1.807, 2.05) is 0 Å². The predicted octanol–water partition coefficient (Wildman–Crippen LogP) is 2.86. The van der Waals surface area contributed by atoms with Crippen molar-refractivity contribution in [2.75, 3.05) is 19.5 Å². The number of carbonyl (C=O) groups excluding carboxylic acids is 1. The molecule has 18 heavy (non-hydrogen) atoms. The fraction of sp³-hybridized carbons (Fsp3) is 0.167. The van der Waals surface area contributed by atoms with Crippen LogP contribution in [0.5, 0.6) is 0 Å². The molecule has 0 aliphatic rings. The minimum atomic E-state index is -0.590. The number of esters is 1. The Morgan fingerprint density at radius 3 is 2.83 bits per heavy atom. The highest BCUT2D eigenvalue weighted by molar-refractivity contribution is 6.35. The third kappa shape index (κ3) is 1.86. The summed E-state index contributed by atoms with van der Waals surface area (Å²) in [4.78, 5) is 15.6. The van der Waals surface area contributed by atoms with E-state index in [9.17, 15) is 9.18 Å². The third-order valence-corrected chi connectivity index (χ3v) is 2.88. The number of carbonyl (C=O) groups is 1. The molecule has 0 amide bonds. The number of anilines is 1. The average Bonchev–Trinajstić information content (AvgIpc) is 2.40. The van der Waals surface area contributed by atoms with Crippen molar-refractivity contribution >= 4 is 34.2 Å². The van der Waals surface area contributed by atoms with Crippen molar-refractivity contribution in [3.05, 3.63) is 34.7 Å². The number of rotatable bonds is 2. The Morgan fingerprint density at radius 1 is 1.50 bits per heavy atom. The molecule has 4 nitrogen and oxygen atoms in total. The molecule has 0 saturated carbocycles. The van der Waals surface area contributed by atoms with Gasteiger partial charge in [-0.05, 0) is 12.1 Å². The summed E-state index contributed by atoms with van der Waals surface area (Å²) in [5.41, 5.74) is 0.772. The quantitative estimate of drug-likeness (QED) is 0.851. The van der Waals surface area contributed by atoms with Gasteiger partial charge in [-0.3, -0.25) is 4.98 Å². The molecule has 94 valence electrons. The minimum Gasteiger partial charge on any atom is -0.465 e. The van der Waals surface area contributed by atoms with E-state index in [4.69, 9.17) is 11.6 Å². The van der Waals surface area contributed by atoms with E-state index in [0.29, 0.717) is 16.2 Å². The summed E-state index contributed by atoms with van der Waals surface area (Å²) in [6.45, 7) is 0. The van der Waals surface area contributed by atoms with Crippen LogP contribution in [0.15, 0.2) is 18.3 Å². The van der Waals surface area contributed by atoms with Gasteiger partial charge in [0.25, 0.3) is 0 Å². The van der Waals surface area contributed by atoms with Gasteiger partial charge in [0.15, 0.2) is 0 Å². The van der Waals surface area contributed by atoms with Gasteiger partial charge in [0.05, 0.1) is 28.7 Å². The van der Waals surface area contributed by atoms with Gasteiger partial charge in [0.2, 0.25) is 0 Å². The largest absolute Gasteiger partial charge is 0.465 e. The summed E-state index contributed by atoms with van der Waals surface area (Å²) in [5, 5.41) is 3.28. The monoisotopic (exact) mass is 268 g/mol. The normalized spacial score (nSPS) is 10.4. The van der Waals surface area contributed by atoms with E-state index in [2.05, 4.69) is 15.0 Å². The number of nitrogens with one attached hydrogen (secondary N) is 1. The number of methoxy groups -OCH3 is 1. The summed E-state index contributed by atoms with van der Waals surface area (Å²) in [5.74, 6) is -1.09. The number of hydrogen-bond donors (Lipinski definition) is 1. The number of fused-ring (bicyclic) bond motifs is 1. The molecular weight excluding hydrogens is 259 g/mol. The molecule has 0 saturated heterocycles. The van der Waals surface area contributed by atoms with E-state index in [0.717, 1.165) is 0 Å². The molecular formula is C12H10ClFN2O2. The first-order valence-corrected chi connectivity index (χ1v) is 5.50. The first kappa shape index (κ1) is 12.6. The molecule has 6 heteroatoms. The van der Waals surface area contributed by atoms with Crippen molar-refractivity contribution in [3.63, 3.8) is 0 Å². The highest BCUT2D eigenvalue weighted by Gasteiger charge is 2.18.